The lowest BCUT2D eigenvalue weighted by molar-refractivity contribution is -0.149. The maximum Gasteiger partial charge on any atom is 0.273 e. The number of thioether (sulfide) groups is 1. The maximum absolute atomic E-state index is 14.7. The molecule has 11 nitrogen and oxygen atoms in total. The van der Waals surface area contributed by atoms with Crippen LogP contribution in [0.2, 0.25) is 0 Å². The van der Waals surface area contributed by atoms with Crippen LogP contribution in [0.25, 0.3) is 0 Å². The number of methoxy groups -OCH3 is 2. The summed E-state index contributed by atoms with van der Waals surface area (Å²) in [6, 6.07) is 40.9. The van der Waals surface area contributed by atoms with E-state index in [9.17, 15) is 24.0 Å². The lowest BCUT2D eigenvalue weighted by atomic mass is 9.82. The van der Waals surface area contributed by atoms with Crippen LogP contribution in [0.3, 0.4) is 0 Å². The maximum atomic E-state index is 14.7. The van der Waals surface area contributed by atoms with Gasteiger partial charge in [0, 0.05) is 89.1 Å². The van der Waals surface area contributed by atoms with E-state index in [-0.39, 0.29) is 84.2 Å². The average Bonchev–Trinajstić information content (AvgIpc) is 4.22. The standard InChI is InChI=1S/C66H88N4O7S2/c1-13-46(6)61(69(10)64(74)54(45(4)5)41-58(72)47(7)44(2)3)59(76-11)42-60(73)70-36-26-35-56(70)62(77-12)48(8)57(71)40-50(39-49-27-18-14-19-28-49)63-67-55(43-78-63)65(75)68(9)37-38-79-66(51-29-20-15-21-30-51,52-31-22-16-23-32-52)53-33-24-17-25-34-53/h14-25,27-34,43-48,50,54,56,59,61-62H,13,26,35-42H2,1-12H3/t46-,47-,48-,50+,54-,56-,59+,61-,62+/m0/s1. The van der Waals surface area contributed by atoms with Gasteiger partial charge in [-0.15, -0.1) is 23.1 Å². The van der Waals surface area contributed by atoms with E-state index in [0.29, 0.717) is 37.4 Å². The number of carbonyl (C=O) groups excluding carboxylic acids is 5. The van der Waals surface area contributed by atoms with Crippen molar-refractivity contribution in [2.24, 2.45) is 35.5 Å². The Hall–Kier alpha value is -5.47. The number of likely N-dealkylation sites (tertiary alicyclic amines) is 1. The molecule has 1 aromatic heterocycles. The Morgan fingerprint density at radius 2 is 1.27 bits per heavy atom. The van der Waals surface area contributed by atoms with Crippen LogP contribution in [0.4, 0.5) is 0 Å². The molecule has 0 aliphatic carbocycles. The Morgan fingerprint density at radius 3 is 1.77 bits per heavy atom. The van der Waals surface area contributed by atoms with Crippen molar-refractivity contribution < 1.29 is 33.4 Å². The lowest BCUT2D eigenvalue weighted by Crippen LogP contribution is -2.54. The lowest BCUT2D eigenvalue weighted by Gasteiger charge is -2.41. The first-order chi connectivity index (χ1) is 37.9. The number of rotatable bonds is 30. The zero-order valence-corrected chi connectivity index (χ0v) is 50.6. The Morgan fingerprint density at radius 1 is 0.722 bits per heavy atom. The van der Waals surface area contributed by atoms with Gasteiger partial charge in [0.2, 0.25) is 11.8 Å². The fourth-order valence-corrected chi connectivity index (χ4v) is 14.0. The zero-order chi connectivity index (χ0) is 57.4. The molecule has 1 saturated heterocycles. The predicted octanol–water partition coefficient (Wildman–Crippen LogP) is 12.7. The number of carbonyl (C=O) groups is 5. The Bertz CT molecular complexity index is 2610. The molecule has 1 fully saturated rings. The number of ketones is 2. The first kappa shape index (κ1) is 62.7. The van der Waals surface area contributed by atoms with Crippen LogP contribution < -0.4 is 0 Å². The number of hydrogen-bond donors (Lipinski definition) is 0. The minimum Gasteiger partial charge on any atom is -0.379 e. The summed E-state index contributed by atoms with van der Waals surface area (Å²) in [5.74, 6) is -1.07. The molecular weight excluding hydrogens is 1020 g/mol. The number of nitrogens with zero attached hydrogens (tertiary/aromatic N) is 4. The van der Waals surface area contributed by atoms with E-state index in [1.54, 1.807) is 31.1 Å². The van der Waals surface area contributed by atoms with E-state index in [1.165, 1.54) is 11.3 Å². The Labute approximate surface area is 480 Å². The molecule has 4 aromatic carbocycles. The fourth-order valence-electron chi connectivity index (χ4n) is 11.5. The average molecular weight is 1110 g/mol. The van der Waals surface area contributed by atoms with E-state index in [4.69, 9.17) is 14.5 Å². The molecule has 2 heterocycles. The van der Waals surface area contributed by atoms with Gasteiger partial charge in [-0.3, -0.25) is 24.0 Å². The van der Waals surface area contributed by atoms with Crippen molar-refractivity contribution in [2.45, 2.75) is 135 Å². The molecule has 79 heavy (non-hydrogen) atoms. The van der Waals surface area contributed by atoms with Gasteiger partial charge in [0.1, 0.15) is 17.3 Å². The largest absolute Gasteiger partial charge is 0.379 e. The van der Waals surface area contributed by atoms with Crippen LogP contribution in [-0.4, -0.2) is 120 Å². The molecule has 0 spiro atoms. The van der Waals surface area contributed by atoms with E-state index < -0.39 is 34.8 Å². The van der Waals surface area contributed by atoms with Crippen molar-refractivity contribution in [3.8, 4) is 0 Å². The SMILES string of the molecule is CC[C@H](C)[C@@H]([C@@H](CC(=O)N1CCC[C@H]1[C@H](OC)[C@@H](C)C(=O)C[C@@H](Cc1ccccc1)c1nc(C(=O)N(C)CCSC(c2ccccc2)(c2ccccc2)c2ccccc2)cs1)OC)N(C)C(=O)[C@@H](CC(=O)[C@@H](C)C(C)C)C(C)C. The van der Waals surface area contributed by atoms with Crippen molar-refractivity contribution in [3.05, 3.63) is 160 Å². The van der Waals surface area contributed by atoms with Gasteiger partial charge >= 0.3 is 0 Å². The summed E-state index contributed by atoms with van der Waals surface area (Å²) in [6.45, 7) is 17.0. The number of ether oxygens (including phenoxy) is 2. The number of thiazole rings is 1. The summed E-state index contributed by atoms with van der Waals surface area (Å²) in [4.78, 5) is 81.8. The molecule has 426 valence electrons. The summed E-state index contributed by atoms with van der Waals surface area (Å²) in [5, 5.41) is 2.54. The minimum absolute atomic E-state index is 0.00374. The van der Waals surface area contributed by atoms with E-state index in [1.807, 2.05) is 107 Å². The van der Waals surface area contributed by atoms with Crippen LogP contribution in [0.15, 0.2) is 127 Å². The van der Waals surface area contributed by atoms with Crippen molar-refractivity contribution >= 4 is 52.4 Å². The molecule has 0 N–H and O–H groups in total. The van der Waals surface area contributed by atoms with Crippen LogP contribution in [0.1, 0.15) is 138 Å². The molecule has 0 unspecified atom stereocenters. The Balaban J connectivity index is 1.16. The summed E-state index contributed by atoms with van der Waals surface area (Å²) in [6.07, 6.45) is 1.95. The molecule has 13 heteroatoms. The summed E-state index contributed by atoms with van der Waals surface area (Å²) in [7, 11) is 6.83. The minimum atomic E-state index is -0.610. The van der Waals surface area contributed by atoms with E-state index in [2.05, 4.69) is 98.8 Å². The number of aromatic nitrogens is 1. The normalized spacial score (nSPS) is 16.9. The van der Waals surface area contributed by atoms with Gasteiger partial charge in [-0.1, -0.05) is 183 Å². The third-order valence-corrected chi connectivity index (χ3v) is 19.4. The second kappa shape index (κ2) is 29.8. The van der Waals surface area contributed by atoms with Crippen LogP contribution >= 0.6 is 23.1 Å². The van der Waals surface area contributed by atoms with Gasteiger partial charge in [-0.25, -0.2) is 4.98 Å². The third-order valence-electron chi connectivity index (χ3n) is 16.9. The third kappa shape index (κ3) is 15.5. The quantitative estimate of drug-likeness (QED) is 0.0413. The highest BCUT2D eigenvalue weighted by molar-refractivity contribution is 8.00. The van der Waals surface area contributed by atoms with Gasteiger partial charge in [-0.05, 0) is 59.3 Å². The monoisotopic (exact) mass is 1110 g/mol. The predicted molar refractivity (Wildman–Crippen MR) is 321 cm³/mol. The van der Waals surface area contributed by atoms with Gasteiger partial charge in [0.25, 0.3) is 5.91 Å². The zero-order valence-electron chi connectivity index (χ0n) is 49.0. The van der Waals surface area contributed by atoms with Crippen molar-refractivity contribution in [1.82, 2.24) is 19.7 Å². The highest BCUT2D eigenvalue weighted by Crippen LogP contribution is 2.48. The highest BCUT2D eigenvalue weighted by atomic mass is 32.2. The molecule has 0 saturated carbocycles. The van der Waals surface area contributed by atoms with Crippen molar-refractivity contribution in [1.29, 1.82) is 0 Å². The molecule has 5 aromatic rings. The van der Waals surface area contributed by atoms with E-state index in [0.717, 1.165) is 40.1 Å². The second-order valence-corrected chi connectivity index (χ2v) is 24.8. The van der Waals surface area contributed by atoms with Crippen molar-refractivity contribution in [2.75, 3.05) is 47.2 Å². The van der Waals surface area contributed by atoms with Crippen LogP contribution in [0.5, 0.6) is 0 Å². The molecular formula is C66H88N4O7S2. The molecule has 3 amide bonds. The van der Waals surface area contributed by atoms with Gasteiger partial charge in [0.05, 0.1) is 40.5 Å². The number of likely N-dealkylation sites (N-methyl/N-ethyl adjacent to an activating group) is 1. The molecule has 0 bridgehead atoms. The number of hydrogen-bond acceptors (Lipinski definition) is 10. The molecule has 1 aliphatic heterocycles. The first-order valence-electron chi connectivity index (χ1n) is 28.6. The van der Waals surface area contributed by atoms with Crippen LogP contribution in [-0.2, 0) is 39.8 Å². The van der Waals surface area contributed by atoms with Gasteiger partial charge in [0.15, 0.2) is 0 Å². The second-order valence-electron chi connectivity index (χ2n) is 22.6. The molecule has 0 radical (unpaired) electrons. The molecule has 6 rings (SSSR count). The van der Waals surface area contributed by atoms with Gasteiger partial charge in [-0.2, -0.15) is 0 Å². The number of Topliss-reactive ketones (excluding diaryl/α,β-unsaturated/α-hetero) is 2. The molecule has 9 atom stereocenters. The summed E-state index contributed by atoms with van der Waals surface area (Å²) < 4.78 is 11.9. The Kier molecular flexibility index (Phi) is 23.7. The van der Waals surface area contributed by atoms with Crippen LogP contribution in [0, 0.1) is 35.5 Å². The summed E-state index contributed by atoms with van der Waals surface area (Å²) in [5.41, 5.74) is 4.90. The number of amides is 3. The summed E-state index contributed by atoms with van der Waals surface area (Å²) >= 11 is 3.22. The number of benzene rings is 4. The molecule has 1 aliphatic rings. The smallest absolute Gasteiger partial charge is 0.273 e. The first-order valence-corrected chi connectivity index (χ1v) is 30.5. The highest BCUT2D eigenvalue weighted by Gasteiger charge is 2.44. The van der Waals surface area contributed by atoms with Crippen molar-refractivity contribution in [3.63, 3.8) is 0 Å². The fraction of sp³-hybridized carbons (Fsp3) is 0.515. The topological polar surface area (TPSA) is 126 Å². The van der Waals surface area contributed by atoms with Gasteiger partial charge < -0.3 is 24.2 Å². The van der Waals surface area contributed by atoms with E-state index >= 15 is 0 Å².